The number of aromatic nitrogens is 2. The number of ether oxygens (including phenoxy) is 2. The van der Waals surface area contributed by atoms with Crippen LogP contribution in [0.4, 0.5) is 5.82 Å². The van der Waals surface area contributed by atoms with Crippen molar-refractivity contribution in [2.24, 2.45) is 0 Å². The number of benzene rings is 1. The number of carbonyl (C=O) groups excluding carboxylic acids is 1. The summed E-state index contributed by atoms with van der Waals surface area (Å²) in [5.41, 5.74) is -0.203. The Bertz CT molecular complexity index is 945. The van der Waals surface area contributed by atoms with Gasteiger partial charge in [0.05, 0.1) is 6.61 Å². The number of fused-ring (bicyclic) bond motifs is 2. The molecule has 1 aromatic carbocycles. The van der Waals surface area contributed by atoms with Crippen molar-refractivity contribution in [2.75, 3.05) is 11.9 Å². The Labute approximate surface area is 162 Å². The van der Waals surface area contributed by atoms with Crippen LogP contribution in [0.25, 0.3) is 0 Å². The van der Waals surface area contributed by atoms with E-state index in [1.807, 2.05) is 13.0 Å². The van der Waals surface area contributed by atoms with Crippen molar-refractivity contribution in [1.82, 2.24) is 9.55 Å². The summed E-state index contributed by atoms with van der Waals surface area (Å²) in [7, 11) is 0. The summed E-state index contributed by atoms with van der Waals surface area (Å²) in [6.45, 7) is 4.17. The van der Waals surface area contributed by atoms with Crippen molar-refractivity contribution >= 4 is 11.7 Å². The van der Waals surface area contributed by atoms with Gasteiger partial charge >= 0.3 is 5.69 Å². The molecule has 0 saturated carbocycles. The molecule has 2 bridgehead atoms. The van der Waals surface area contributed by atoms with E-state index in [0.29, 0.717) is 30.6 Å². The zero-order valence-electron chi connectivity index (χ0n) is 15.8. The van der Waals surface area contributed by atoms with E-state index in [-0.39, 0.29) is 11.7 Å². The standard InChI is InChI=1S/C20H23N3O5/c1-3-20-9-10-27-14(15(20)24)18(28-20)23-11-12(2)16(22-19(23)26)21-17(25)13-7-5-4-6-8-13/h4-8,11,14-15,18,24H,3,9-10H2,1-2H3,(H,21,22,25,26)/t14?,15-,18-,20+/m1/s1. The molecule has 4 rings (SSSR count). The number of rotatable bonds is 4. The van der Waals surface area contributed by atoms with Gasteiger partial charge in [-0.05, 0) is 25.5 Å². The lowest BCUT2D eigenvalue weighted by Crippen LogP contribution is -2.48. The number of anilines is 1. The highest BCUT2D eigenvalue weighted by molar-refractivity contribution is 6.03. The Balaban J connectivity index is 1.62. The van der Waals surface area contributed by atoms with E-state index in [4.69, 9.17) is 9.47 Å². The van der Waals surface area contributed by atoms with Gasteiger partial charge in [0.25, 0.3) is 5.91 Å². The number of hydrogen-bond donors (Lipinski definition) is 2. The van der Waals surface area contributed by atoms with Gasteiger partial charge in [-0.25, -0.2) is 4.79 Å². The second-order valence-electron chi connectivity index (χ2n) is 7.24. The van der Waals surface area contributed by atoms with Crippen molar-refractivity contribution < 1.29 is 19.4 Å². The first-order valence-corrected chi connectivity index (χ1v) is 9.39. The van der Waals surface area contributed by atoms with E-state index in [1.54, 1.807) is 37.4 Å². The average molecular weight is 385 g/mol. The molecule has 1 unspecified atom stereocenters. The quantitative estimate of drug-likeness (QED) is 0.829. The van der Waals surface area contributed by atoms with Gasteiger partial charge < -0.3 is 19.9 Å². The van der Waals surface area contributed by atoms with Crippen molar-refractivity contribution in [3.05, 3.63) is 58.1 Å². The summed E-state index contributed by atoms with van der Waals surface area (Å²) in [5, 5.41) is 13.3. The van der Waals surface area contributed by atoms with Crippen LogP contribution < -0.4 is 11.0 Å². The molecule has 8 heteroatoms. The average Bonchev–Trinajstić information content (AvgIpc) is 2.86. The second kappa shape index (κ2) is 7.12. The molecule has 2 N–H and O–H groups in total. The largest absolute Gasteiger partial charge is 0.387 e. The number of nitrogens with one attached hydrogen (secondary N) is 1. The molecule has 0 radical (unpaired) electrons. The van der Waals surface area contributed by atoms with Gasteiger partial charge in [-0.15, -0.1) is 0 Å². The summed E-state index contributed by atoms with van der Waals surface area (Å²) in [6, 6.07) is 8.71. The van der Waals surface area contributed by atoms with Gasteiger partial charge in [-0.1, -0.05) is 25.1 Å². The summed E-state index contributed by atoms with van der Waals surface area (Å²) >= 11 is 0. The first-order chi connectivity index (χ1) is 13.4. The molecule has 0 aliphatic carbocycles. The Kier molecular flexibility index (Phi) is 4.78. The maximum Gasteiger partial charge on any atom is 0.351 e. The molecule has 4 atom stereocenters. The van der Waals surface area contributed by atoms with Crippen LogP contribution in [-0.2, 0) is 9.47 Å². The number of carbonyl (C=O) groups is 1. The minimum Gasteiger partial charge on any atom is -0.387 e. The van der Waals surface area contributed by atoms with Gasteiger partial charge in [-0.3, -0.25) is 9.36 Å². The molecular formula is C20H23N3O5. The number of nitrogens with zero attached hydrogens (tertiary/aromatic N) is 2. The maximum atomic E-state index is 12.7. The molecule has 0 spiro atoms. The fourth-order valence-corrected chi connectivity index (χ4v) is 3.91. The Morgan fingerprint density at radius 1 is 1.39 bits per heavy atom. The fraction of sp³-hybridized carbons (Fsp3) is 0.450. The summed E-state index contributed by atoms with van der Waals surface area (Å²) in [6.07, 6.45) is 0.593. The third-order valence-corrected chi connectivity index (χ3v) is 5.60. The van der Waals surface area contributed by atoms with Gasteiger partial charge in [0.1, 0.15) is 23.6 Å². The van der Waals surface area contributed by atoms with Crippen LogP contribution in [0.1, 0.15) is 41.9 Å². The highest BCUT2D eigenvalue weighted by atomic mass is 16.6. The van der Waals surface area contributed by atoms with E-state index in [9.17, 15) is 14.7 Å². The molecule has 2 aliphatic rings. The van der Waals surface area contributed by atoms with Crippen LogP contribution in [0.15, 0.2) is 41.3 Å². The van der Waals surface area contributed by atoms with Gasteiger partial charge in [0, 0.05) is 23.7 Å². The van der Waals surface area contributed by atoms with Crippen LogP contribution in [0.5, 0.6) is 0 Å². The number of aliphatic hydroxyl groups excluding tert-OH is 1. The third-order valence-electron chi connectivity index (χ3n) is 5.60. The highest BCUT2D eigenvalue weighted by Gasteiger charge is 2.57. The summed E-state index contributed by atoms with van der Waals surface area (Å²) in [5.74, 6) is -0.146. The molecule has 2 aliphatic heterocycles. The van der Waals surface area contributed by atoms with Crippen LogP contribution in [-0.4, -0.2) is 45.0 Å². The smallest absolute Gasteiger partial charge is 0.351 e. The van der Waals surface area contributed by atoms with E-state index < -0.39 is 29.7 Å². The summed E-state index contributed by atoms with van der Waals surface area (Å²) < 4.78 is 13.1. The molecule has 148 valence electrons. The molecule has 8 nitrogen and oxygen atoms in total. The van der Waals surface area contributed by atoms with Crippen LogP contribution in [0, 0.1) is 6.92 Å². The second-order valence-corrected chi connectivity index (χ2v) is 7.24. The zero-order valence-corrected chi connectivity index (χ0v) is 15.8. The van der Waals surface area contributed by atoms with Crippen molar-refractivity contribution in [3.8, 4) is 0 Å². The number of aliphatic hydroxyl groups is 1. The van der Waals surface area contributed by atoms with Gasteiger partial charge in [-0.2, -0.15) is 4.98 Å². The molecule has 1 amide bonds. The fourth-order valence-electron chi connectivity index (χ4n) is 3.91. The lowest BCUT2D eigenvalue weighted by Gasteiger charge is -2.34. The van der Waals surface area contributed by atoms with Crippen molar-refractivity contribution in [1.29, 1.82) is 0 Å². The molecule has 1 aromatic heterocycles. The van der Waals surface area contributed by atoms with Crippen LogP contribution >= 0.6 is 0 Å². The Hall–Kier alpha value is -2.55. The van der Waals surface area contributed by atoms with Crippen LogP contribution in [0.3, 0.4) is 0 Å². The minimum absolute atomic E-state index is 0.197. The molecule has 28 heavy (non-hydrogen) atoms. The van der Waals surface area contributed by atoms with Gasteiger partial charge in [0.2, 0.25) is 0 Å². The molecule has 2 fully saturated rings. The number of aryl methyl sites for hydroxylation is 1. The SMILES string of the molecule is CC[C@@]12CCOC([C@H](n3cc(C)c(NC(=O)c4ccccc4)nc3=O)O1)[C@H]2O. The van der Waals surface area contributed by atoms with Gasteiger partial charge in [0.15, 0.2) is 6.23 Å². The van der Waals surface area contributed by atoms with E-state index >= 15 is 0 Å². The van der Waals surface area contributed by atoms with Crippen molar-refractivity contribution in [3.63, 3.8) is 0 Å². The number of amides is 1. The molecule has 2 aromatic rings. The van der Waals surface area contributed by atoms with Crippen LogP contribution in [0.2, 0.25) is 0 Å². The monoisotopic (exact) mass is 385 g/mol. The third kappa shape index (κ3) is 3.03. The van der Waals surface area contributed by atoms with E-state index in [1.165, 1.54) is 4.57 Å². The predicted octanol–water partition coefficient (Wildman–Crippen LogP) is 1.63. The normalized spacial score (nSPS) is 28.9. The first kappa shape index (κ1) is 18.8. The maximum absolute atomic E-state index is 12.7. The lowest BCUT2D eigenvalue weighted by atomic mass is 9.87. The minimum atomic E-state index is -0.805. The zero-order chi connectivity index (χ0) is 19.9. The van der Waals surface area contributed by atoms with E-state index in [0.717, 1.165) is 0 Å². The molecular weight excluding hydrogens is 362 g/mol. The molecule has 2 saturated heterocycles. The topological polar surface area (TPSA) is 103 Å². The van der Waals surface area contributed by atoms with E-state index in [2.05, 4.69) is 10.3 Å². The predicted molar refractivity (Wildman–Crippen MR) is 101 cm³/mol. The lowest BCUT2D eigenvalue weighted by molar-refractivity contribution is -0.123. The number of hydrogen-bond acceptors (Lipinski definition) is 6. The van der Waals surface area contributed by atoms with Crippen molar-refractivity contribution in [2.45, 2.75) is 50.7 Å². The Morgan fingerprint density at radius 2 is 2.14 bits per heavy atom. The summed E-state index contributed by atoms with van der Waals surface area (Å²) in [4.78, 5) is 29.1. The molecule has 3 heterocycles. The first-order valence-electron chi connectivity index (χ1n) is 9.39. The Morgan fingerprint density at radius 3 is 2.82 bits per heavy atom. The highest BCUT2D eigenvalue weighted by Crippen LogP contribution is 2.45.